The largest absolute Gasteiger partial charge is 1.00 e. The summed E-state index contributed by atoms with van der Waals surface area (Å²) in [6, 6.07) is 20.5. The second kappa shape index (κ2) is 40.2. The Hall–Kier alpha value is -5.82. The van der Waals surface area contributed by atoms with E-state index in [0.717, 1.165) is 132 Å². The number of fused-ring (bicyclic) bond motifs is 12. The summed E-state index contributed by atoms with van der Waals surface area (Å²) in [5, 5.41) is 35.2. The third-order valence-corrected chi connectivity index (χ3v) is 27.7. The average Bonchev–Trinajstić information content (AvgIpc) is 1.58. The molecule has 603 valence electrons. The number of amides is 4. The maximum atomic E-state index is 12.7. The number of allylic oxidation sites excluding steroid dienone is 4. The standard InChI is InChI=1S/C41H59N3O4.C28H43NO2.C13H16N2O3.C4H6O4.C2H3BO2.Na/c1-26-20-36-39(44(25-26)19-18-42-38(47)24-43-37(46)13-10-29-8-6-5-7-9-29)28(3)41(48-36)17-15-32-33-12-11-30-21-31(45)14-16-40(30,4)35(33)22-34(32)27(2)23-41;1-16-11-25-26(29-15-16)18(3)28(31-25)10-8-21-22-6-5-19-12-20(30)7-9-27(19,4)24(22)13-23(21)17(2)14-28;16-9-8-14-13(18)10-15-12(17)7-6-11-4-2-1-3-5-11;1-3(5)7-8-4(2)6;1-2(4)5-3;/h5-9,11,26,28,31-33,35-36,39,45H,10,12-25H2,1-4H3,(H,42,47)(H,43,46);5,16,18,20-22,24-26,29-30H,6-15H2,1-4H3;1-5,9H,6-8,10H2,(H,14,18)(H,15,17);1-2H3;1H3;/q;;;;-1;+1/t26-,28+,31-,32-,33-,35-,36+,39-,40-,41-;16-,18+,20-,21-,22-,24-,25+,26-,27-,28-;;;;/m00..../s1. The number of hydrogen-bond donors (Lipinski definition) is 7. The van der Waals surface area contributed by atoms with Gasteiger partial charge < -0.3 is 63.8 Å². The second-order valence-corrected chi connectivity index (χ2v) is 35.0. The smallest absolute Gasteiger partial charge is 0.793 e. The molecule has 12 aliphatic rings. The number of rotatable bonds is 15. The Labute approximate surface area is 683 Å². The van der Waals surface area contributed by atoms with Gasteiger partial charge in [0.15, 0.2) is 0 Å². The molecule has 3 radical (unpaired) electrons. The Kier molecular flexibility index (Phi) is 32.2. The molecule has 4 saturated heterocycles. The maximum absolute atomic E-state index is 12.7. The van der Waals surface area contributed by atoms with Gasteiger partial charge in [0, 0.05) is 77.2 Å². The molecule has 2 aromatic carbocycles. The van der Waals surface area contributed by atoms with Gasteiger partial charge in [0.2, 0.25) is 29.6 Å². The predicted molar refractivity (Wildman–Crippen MR) is 422 cm³/mol. The first kappa shape index (κ1) is 89.1. The molecular formula is C88H127BN6NaO15. The maximum Gasteiger partial charge on any atom is 1.00 e. The van der Waals surface area contributed by atoms with Gasteiger partial charge in [0.1, 0.15) is 6.29 Å². The van der Waals surface area contributed by atoms with E-state index in [1.54, 1.807) is 33.4 Å². The molecule has 0 unspecified atom stereocenters. The molecule has 14 rings (SSSR count). The van der Waals surface area contributed by atoms with E-state index in [1.165, 1.54) is 64.7 Å². The Balaban J connectivity index is 0.000000191. The number of aldehydes is 1. The zero-order chi connectivity index (χ0) is 79.2. The third-order valence-electron chi connectivity index (χ3n) is 27.7. The van der Waals surface area contributed by atoms with Crippen molar-refractivity contribution in [1.29, 1.82) is 0 Å². The van der Waals surface area contributed by atoms with Crippen LogP contribution in [0.3, 0.4) is 0 Å². The van der Waals surface area contributed by atoms with Crippen molar-refractivity contribution in [2.24, 2.45) is 70.0 Å². The molecule has 23 heteroatoms. The first-order valence-electron chi connectivity index (χ1n) is 41.2. The van der Waals surface area contributed by atoms with Gasteiger partial charge in [-0.25, -0.2) is 19.4 Å². The Morgan fingerprint density at radius 3 is 1.53 bits per heavy atom. The molecule has 111 heavy (non-hydrogen) atoms. The first-order valence-corrected chi connectivity index (χ1v) is 41.2. The molecular weight excluding hydrogens is 1410 g/mol. The van der Waals surface area contributed by atoms with Crippen molar-refractivity contribution < 1.29 is 102 Å². The third kappa shape index (κ3) is 22.0. The molecule has 4 saturated carbocycles. The van der Waals surface area contributed by atoms with Crippen LogP contribution >= 0.6 is 0 Å². The van der Waals surface area contributed by atoms with Crippen LogP contribution in [0, 0.1) is 70.0 Å². The second-order valence-electron chi connectivity index (χ2n) is 35.0. The summed E-state index contributed by atoms with van der Waals surface area (Å²) >= 11 is 0. The summed E-state index contributed by atoms with van der Waals surface area (Å²) in [7, 11) is 4.32. The van der Waals surface area contributed by atoms with Crippen LogP contribution in [0.25, 0.3) is 0 Å². The van der Waals surface area contributed by atoms with E-state index < -0.39 is 17.9 Å². The van der Waals surface area contributed by atoms with Gasteiger partial charge in [-0.3, -0.25) is 28.9 Å². The van der Waals surface area contributed by atoms with E-state index >= 15 is 0 Å². The van der Waals surface area contributed by atoms with Crippen molar-refractivity contribution in [3.05, 3.63) is 117 Å². The Morgan fingerprint density at radius 2 is 1.06 bits per heavy atom. The summed E-state index contributed by atoms with van der Waals surface area (Å²) in [6.07, 6.45) is 28.5. The number of benzene rings is 2. The number of carbonyl (C=O) groups is 8. The fourth-order valence-corrected chi connectivity index (χ4v) is 22.1. The summed E-state index contributed by atoms with van der Waals surface area (Å²) in [5.41, 5.74) is 12.7. The summed E-state index contributed by atoms with van der Waals surface area (Å²) < 4.78 is 17.9. The minimum absolute atomic E-state index is 0. The van der Waals surface area contributed by atoms with E-state index in [0.29, 0.717) is 91.7 Å². The van der Waals surface area contributed by atoms with Crippen LogP contribution in [0.1, 0.15) is 216 Å². The van der Waals surface area contributed by atoms with E-state index in [4.69, 9.17) is 9.47 Å². The van der Waals surface area contributed by atoms with E-state index in [1.807, 2.05) is 60.7 Å². The number of nitrogens with zero attached hydrogens (tertiary/aromatic N) is 1. The number of piperidine rings is 2. The van der Waals surface area contributed by atoms with Crippen molar-refractivity contribution in [2.45, 2.75) is 265 Å². The van der Waals surface area contributed by atoms with Crippen molar-refractivity contribution in [2.75, 3.05) is 45.8 Å². The number of aliphatic hydroxyl groups excluding tert-OH is 2. The zero-order valence-electron chi connectivity index (χ0n) is 68.5. The molecule has 8 fully saturated rings. The van der Waals surface area contributed by atoms with Crippen molar-refractivity contribution >= 4 is 55.9 Å². The fraction of sp³-hybridized carbons (Fsp3) is 0.682. The molecule has 7 N–H and O–H groups in total. The van der Waals surface area contributed by atoms with Gasteiger partial charge in [-0.05, 0) is 218 Å². The van der Waals surface area contributed by atoms with Crippen LogP contribution in [-0.2, 0) is 75.1 Å². The Morgan fingerprint density at radius 1 is 0.604 bits per heavy atom. The van der Waals surface area contributed by atoms with Crippen LogP contribution in [0.2, 0.25) is 0 Å². The van der Waals surface area contributed by atoms with Gasteiger partial charge in [-0.1, -0.05) is 148 Å². The van der Waals surface area contributed by atoms with Gasteiger partial charge in [-0.15, -0.1) is 0 Å². The molecule has 2 aromatic rings. The van der Waals surface area contributed by atoms with Crippen LogP contribution < -0.4 is 56.1 Å². The number of aryl methyl sites for hydroxylation is 2. The summed E-state index contributed by atoms with van der Waals surface area (Å²) in [4.78, 5) is 96.9. The van der Waals surface area contributed by atoms with E-state index in [2.05, 4.69) is 122 Å². The normalized spacial score (nSPS) is 34.4. The van der Waals surface area contributed by atoms with Crippen LogP contribution in [-0.4, -0.2) is 164 Å². The number of hydrogen-bond acceptors (Lipinski definition) is 17. The molecule has 4 heterocycles. The number of likely N-dealkylation sites (tertiary alicyclic amines) is 1. The number of aliphatic hydroxyl groups is 2. The topological polar surface area (TPSA) is 287 Å². The minimum Gasteiger partial charge on any atom is -0.793 e. The van der Waals surface area contributed by atoms with Crippen molar-refractivity contribution in [1.82, 2.24) is 31.5 Å². The SMILES string of the molecule is CC(=O)OOC(C)=O.CC1=C2C[C@H]3[C@@H](CC=C4C[C@@H](O)CC[C@@]43C)[C@@H]2CC[C@@]2(C1)O[C@@H]1C[C@H](C)CN(CCNC(=O)CNC(=O)CCc3ccccc3)[C@H]1[C@H]2C.CC1=C2C[C@H]3[C@@H](CC=C4C[C@@H](O)CC[C@@]43C)[C@@H]2CC[C@@]2(C1)O[C@@H]1C[C@H](C)CN[C@H]1[C@H]2C.O=CCNC(=O)CNC(=O)CCc1ccccc1.[B-]OC(C)=O.[Na+]. The zero-order valence-corrected chi connectivity index (χ0v) is 70.5. The number of carbonyl (C=O) groups excluding carboxylic acids is 8. The number of ether oxygens (including phenoxy) is 2. The van der Waals surface area contributed by atoms with Crippen molar-refractivity contribution in [3.8, 4) is 0 Å². The van der Waals surface area contributed by atoms with Gasteiger partial charge >= 0.3 is 41.5 Å². The quantitative estimate of drug-likeness (QED) is 0.0292. The summed E-state index contributed by atoms with van der Waals surface area (Å²) in [6.45, 7) is 26.5. The fourth-order valence-electron chi connectivity index (χ4n) is 22.1. The first-order chi connectivity index (χ1) is 52.5. The molecule has 4 amide bonds. The molecule has 8 aliphatic carbocycles. The molecule has 2 spiro atoms. The predicted octanol–water partition coefficient (Wildman–Crippen LogP) is 8.08. The summed E-state index contributed by atoms with van der Waals surface area (Å²) in [5.74, 6) is 4.26. The van der Waals surface area contributed by atoms with Gasteiger partial charge in [-0.2, -0.15) is 0 Å². The van der Waals surface area contributed by atoms with E-state index in [9.17, 15) is 48.6 Å². The van der Waals surface area contributed by atoms with Crippen LogP contribution in [0.5, 0.6) is 0 Å². The van der Waals surface area contributed by atoms with E-state index in [-0.39, 0.29) is 108 Å². The van der Waals surface area contributed by atoms with Crippen LogP contribution in [0.4, 0.5) is 0 Å². The van der Waals surface area contributed by atoms with Crippen LogP contribution in [0.15, 0.2) is 106 Å². The average molecular weight is 1540 g/mol. The Bertz CT molecular complexity index is 3680. The molecule has 4 aliphatic heterocycles. The molecule has 0 bridgehead atoms. The molecule has 0 aromatic heterocycles. The molecule has 20 atom stereocenters. The monoisotopic (exact) mass is 1540 g/mol. The van der Waals surface area contributed by atoms with Crippen molar-refractivity contribution in [3.63, 3.8) is 0 Å². The molecule has 21 nitrogen and oxygen atoms in total. The number of nitrogens with one attached hydrogen (secondary N) is 5. The minimum atomic E-state index is -0.639. The van der Waals surface area contributed by atoms with Gasteiger partial charge in [0.25, 0.3) is 0 Å². The van der Waals surface area contributed by atoms with Gasteiger partial charge in [0.05, 0.1) is 55.3 Å².